The van der Waals surface area contributed by atoms with E-state index in [2.05, 4.69) is 15.5 Å². The molecule has 1 rings (SSSR count). The van der Waals surface area contributed by atoms with Gasteiger partial charge in [-0.25, -0.2) is 0 Å². The van der Waals surface area contributed by atoms with Crippen LogP contribution in [0.25, 0.3) is 0 Å². The van der Waals surface area contributed by atoms with Gasteiger partial charge in [0.05, 0.1) is 0 Å². The number of hydrogen-bond donors (Lipinski definition) is 2. The molecule has 0 fully saturated rings. The molecule has 7 heavy (non-hydrogen) atoms. The molecular weight excluding hydrogens is 121 g/mol. The molecule has 0 unspecified atom stereocenters. The van der Waals surface area contributed by atoms with Gasteiger partial charge in [0.1, 0.15) is 5.10 Å². The average Bonchev–Trinajstić information content (AvgIpc) is 1.86. The minimum absolute atomic E-state index is 0. The second-order valence-electron chi connectivity index (χ2n) is 0.838. The van der Waals surface area contributed by atoms with Crippen LogP contribution in [0.3, 0.4) is 0 Å². The minimum Gasteiger partial charge on any atom is -0.272 e. The summed E-state index contributed by atoms with van der Waals surface area (Å²) in [7, 11) is 0. The number of nitrogens with one attached hydrogen (secondary N) is 1. The van der Waals surface area contributed by atoms with Crippen molar-refractivity contribution in [1.82, 2.24) is 15.5 Å². The van der Waals surface area contributed by atoms with Gasteiger partial charge in [0.15, 0.2) is 5.21 Å². The van der Waals surface area contributed by atoms with Crippen LogP contribution in [0, 0.1) is 0 Å². The first-order valence-corrected chi connectivity index (χ1v) is 1.42. The Labute approximate surface area is 82.6 Å². The topological polar surface area (TPSA) is 71.5 Å². The summed E-state index contributed by atoms with van der Waals surface area (Å²) in [6.07, 6.45) is 1.36. The summed E-state index contributed by atoms with van der Waals surface area (Å²) in [6, 6.07) is 0. The zero-order valence-electron chi connectivity index (χ0n) is 4.00. The van der Waals surface area contributed by atoms with Crippen LogP contribution in [-0.2, 0) is 0 Å². The Hall–Kier alpha value is 0.506. The summed E-state index contributed by atoms with van der Waals surface area (Å²) in [5.74, 6) is 5.01. The van der Waals surface area contributed by atoms with E-state index < -0.39 is 0 Å². The Morgan fingerprint density at radius 3 is 2.57 bits per heavy atom. The normalized spacial score (nSPS) is 7.43. The standard InChI is InChI=1S/CH3N5.K/c2-6-1-3-4-5-6;/h1H,2H2;/q;+1/p+1. The molecule has 0 aliphatic carbocycles. The molecule has 0 aliphatic rings. The quantitative estimate of drug-likeness (QED) is 0.207. The maximum Gasteiger partial charge on any atom is 1.00 e. The fourth-order valence-corrected chi connectivity index (χ4v) is 0.185. The molecule has 5 nitrogen and oxygen atoms in total. The van der Waals surface area contributed by atoms with Crippen LogP contribution in [0.5, 0.6) is 0 Å². The molecule has 0 aliphatic heterocycles. The zero-order valence-corrected chi connectivity index (χ0v) is 7.12. The predicted octanol–water partition coefficient (Wildman–Crippen LogP) is -5.19. The van der Waals surface area contributed by atoms with Gasteiger partial charge in [0.2, 0.25) is 0 Å². The SMILES string of the molecule is N[n+]1cnn[nH]1.[K+]. The van der Waals surface area contributed by atoms with E-state index in [1.54, 1.807) is 0 Å². The summed E-state index contributed by atoms with van der Waals surface area (Å²) >= 11 is 0. The van der Waals surface area contributed by atoms with Crippen molar-refractivity contribution in [2.75, 3.05) is 5.84 Å². The van der Waals surface area contributed by atoms with Crippen LogP contribution < -0.4 is 62.0 Å². The number of nitrogens with two attached hydrogens (primary N) is 1. The molecule has 0 aromatic carbocycles. The van der Waals surface area contributed by atoms with Crippen molar-refractivity contribution in [2.24, 2.45) is 0 Å². The maximum atomic E-state index is 5.01. The maximum absolute atomic E-state index is 5.01. The smallest absolute Gasteiger partial charge is 0.272 e. The molecule has 0 bridgehead atoms. The van der Waals surface area contributed by atoms with Gasteiger partial charge < -0.3 is 0 Å². The summed E-state index contributed by atoms with van der Waals surface area (Å²) in [4.78, 5) is 1.15. The van der Waals surface area contributed by atoms with Crippen LogP contribution >= 0.6 is 0 Å². The van der Waals surface area contributed by atoms with Crippen molar-refractivity contribution >= 4 is 0 Å². The summed E-state index contributed by atoms with van der Waals surface area (Å²) in [5, 5.41) is 8.97. The van der Waals surface area contributed by atoms with Crippen molar-refractivity contribution in [1.29, 1.82) is 0 Å². The van der Waals surface area contributed by atoms with Gasteiger partial charge in [0, 0.05) is 0 Å². The summed E-state index contributed by atoms with van der Waals surface area (Å²) in [5.41, 5.74) is 0. The average molecular weight is 125 g/mol. The van der Waals surface area contributed by atoms with Crippen molar-refractivity contribution in [3.05, 3.63) is 6.33 Å². The Morgan fingerprint density at radius 1 is 1.71 bits per heavy atom. The van der Waals surface area contributed by atoms with Crippen LogP contribution in [0.1, 0.15) is 0 Å². The van der Waals surface area contributed by atoms with E-state index in [0.29, 0.717) is 0 Å². The first kappa shape index (κ1) is 7.51. The number of rotatable bonds is 0. The van der Waals surface area contributed by atoms with E-state index in [-0.39, 0.29) is 51.4 Å². The van der Waals surface area contributed by atoms with Crippen molar-refractivity contribution < 1.29 is 56.2 Å². The van der Waals surface area contributed by atoms with Gasteiger partial charge in [-0.3, -0.25) is 5.84 Å². The molecule has 1 aromatic rings. The molecule has 0 saturated heterocycles. The van der Waals surface area contributed by atoms with Gasteiger partial charge in [-0.1, -0.05) is 10.0 Å². The van der Waals surface area contributed by atoms with E-state index in [9.17, 15) is 0 Å². The molecule has 3 N–H and O–H groups in total. The largest absolute Gasteiger partial charge is 1.00 e. The fraction of sp³-hybridized carbons (Fsp3) is 0. The Balaban J connectivity index is 0.000000360. The van der Waals surface area contributed by atoms with E-state index in [1.807, 2.05) is 0 Å². The van der Waals surface area contributed by atoms with Gasteiger partial charge in [0.25, 0.3) is 0 Å². The zero-order chi connectivity index (χ0) is 4.41. The Morgan fingerprint density at radius 2 is 2.43 bits per heavy atom. The van der Waals surface area contributed by atoms with Crippen molar-refractivity contribution in [3.8, 4) is 0 Å². The monoisotopic (exact) mass is 125 g/mol. The minimum atomic E-state index is 0. The summed E-state index contributed by atoms with van der Waals surface area (Å²) in [6.45, 7) is 0. The van der Waals surface area contributed by atoms with Crippen LogP contribution in [-0.4, -0.2) is 15.5 Å². The Bertz CT molecular complexity index is 112. The summed E-state index contributed by atoms with van der Waals surface area (Å²) < 4.78 is 0. The number of aromatic amines is 1. The molecule has 0 atom stereocenters. The first-order chi connectivity index (χ1) is 2.89. The second-order valence-corrected chi connectivity index (χ2v) is 0.838. The third-order valence-corrected chi connectivity index (χ3v) is 0.394. The first-order valence-electron chi connectivity index (χ1n) is 1.42. The molecule has 32 valence electrons. The molecule has 0 radical (unpaired) electrons. The van der Waals surface area contributed by atoms with Crippen molar-refractivity contribution in [2.45, 2.75) is 0 Å². The molecule has 1 heterocycles. The third kappa shape index (κ3) is 2.34. The molecule has 0 spiro atoms. The van der Waals surface area contributed by atoms with Crippen LogP contribution in [0.2, 0.25) is 0 Å². The number of hydrogen-bond acceptors (Lipinski definition) is 3. The fourth-order valence-electron chi connectivity index (χ4n) is 0.185. The van der Waals surface area contributed by atoms with Gasteiger partial charge in [-0.05, 0) is 0 Å². The van der Waals surface area contributed by atoms with Crippen molar-refractivity contribution in [3.63, 3.8) is 0 Å². The van der Waals surface area contributed by atoms with E-state index in [1.165, 1.54) is 6.33 Å². The van der Waals surface area contributed by atoms with E-state index in [0.717, 1.165) is 4.79 Å². The van der Waals surface area contributed by atoms with Gasteiger partial charge in [-0.15, -0.1) is 0 Å². The second kappa shape index (κ2) is 3.50. The van der Waals surface area contributed by atoms with Gasteiger partial charge in [-0.2, -0.15) is 0 Å². The molecule has 0 saturated carbocycles. The third-order valence-electron chi connectivity index (χ3n) is 0.394. The number of H-pyrrole nitrogens is 1. The number of aromatic nitrogens is 4. The number of nitrogen functional groups attached to an aromatic ring is 1. The van der Waals surface area contributed by atoms with E-state index >= 15 is 0 Å². The molecule has 1 aromatic heterocycles. The molecule has 6 heteroatoms. The molecular formula is CH4KN5+2. The predicted molar refractivity (Wildman–Crippen MR) is 16.7 cm³/mol. The number of tetrazole rings is 1. The van der Waals surface area contributed by atoms with Crippen LogP contribution in [0.15, 0.2) is 6.33 Å². The number of nitrogens with zero attached hydrogens (tertiary/aromatic N) is 3. The van der Waals surface area contributed by atoms with Gasteiger partial charge >= 0.3 is 57.7 Å². The van der Waals surface area contributed by atoms with E-state index in [4.69, 9.17) is 5.84 Å². The molecule has 0 amide bonds. The van der Waals surface area contributed by atoms with Crippen LogP contribution in [0.4, 0.5) is 0 Å². The Kier molecular flexibility index (Phi) is 3.75.